The predicted octanol–water partition coefficient (Wildman–Crippen LogP) is 1.29. The zero-order chi connectivity index (χ0) is 9.97. The number of benzene rings is 1. The zero-order valence-corrected chi connectivity index (χ0v) is 8.53. The molecule has 2 atom stereocenters. The van der Waals surface area contributed by atoms with Gasteiger partial charge in [-0.1, -0.05) is 29.8 Å². The van der Waals surface area contributed by atoms with Gasteiger partial charge < -0.3 is 10.4 Å². The van der Waals surface area contributed by atoms with Crippen LogP contribution in [0.5, 0.6) is 0 Å². The molecule has 14 heavy (non-hydrogen) atoms. The van der Waals surface area contributed by atoms with Crippen molar-refractivity contribution in [3.63, 3.8) is 0 Å². The van der Waals surface area contributed by atoms with E-state index in [-0.39, 0.29) is 6.61 Å². The average molecular weight is 191 g/mol. The van der Waals surface area contributed by atoms with Gasteiger partial charge in [-0.2, -0.15) is 0 Å². The summed E-state index contributed by atoms with van der Waals surface area (Å²) in [4.78, 5) is 0. The Kier molecular flexibility index (Phi) is 2.85. The Bertz CT molecular complexity index is 311. The number of hydrogen-bond donors (Lipinski definition) is 2. The highest BCUT2D eigenvalue weighted by Crippen LogP contribution is 2.27. The Morgan fingerprint density at radius 2 is 2.29 bits per heavy atom. The molecule has 0 spiro atoms. The van der Waals surface area contributed by atoms with Gasteiger partial charge in [0.1, 0.15) is 0 Å². The van der Waals surface area contributed by atoms with Crippen molar-refractivity contribution in [2.24, 2.45) is 5.92 Å². The van der Waals surface area contributed by atoms with E-state index in [4.69, 9.17) is 0 Å². The van der Waals surface area contributed by atoms with Crippen molar-refractivity contribution in [3.05, 3.63) is 35.4 Å². The molecule has 0 saturated carbocycles. The van der Waals surface area contributed by atoms with Crippen LogP contribution in [0.3, 0.4) is 0 Å². The molecule has 0 radical (unpaired) electrons. The van der Waals surface area contributed by atoms with Gasteiger partial charge in [0.2, 0.25) is 0 Å². The van der Waals surface area contributed by atoms with Crippen LogP contribution in [0.2, 0.25) is 0 Å². The van der Waals surface area contributed by atoms with E-state index in [9.17, 15) is 5.11 Å². The van der Waals surface area contributed by atoms with Gasteiger partial charge >= 0.3 is 0 Å². The van der Waals surface area contributed by atoms with E-state index in [1.165, 1.54) is 11.1 Å². The Balaban J connectivity index is 2.21. The molecule has 0 aliphatic carbocycles. The van der Waals surface area contributed by atoms with Crippen LogP contribution < -0.4 is 5.32 Å². The standard InChI is InChI=1S/C12H17NO/c1-9-3-2-4-10(5-9)12-7-13-6-11(12)8-14/h2-5,11-14H,6-8H2,1H3/t11-,12+/m1/s1. The normalized spacial score (nSPS) is 26.7. The lowest BCUT2D eigenvalue weighted by molar-refractivity contribution is 0.226. The van der Waals surface area contributed by atoms with Gasteiger partial charge in [-0.05, 0) is 12.5 Å². The molecule has 2 N–H and O–H groups in total. The van der Waals surface area contributed by atoms with Crippen LogP contribution in [0.4, 0.5) is 0 Å². The SMILES string of the molecule is Cc1cccc([C@@H]2CNC[C@@H]2CO)c1. The van der Waals surface area contributed by atoms with E-state index in [0.29, 0.717) is 11.8 Å². The molecule has 2 heteroatoms. The number of rotatable bonds is 2. The molecule has 1 aromatic rings. The lowest BCUT2D eigenvalue weighted by atomic mass is 9.89. The Morgan fingerprint density at radius 3 is 3.00 bits per heavy atom. The van der Waals surface area contributed by atoms with Crippen LogP contribution in [-0.4, -0.2) is 24.8 Å². The number of aliphatic hydroxyl groups is 1. The summed E-state index contributed by atoms with van der Waals surface area (Å²) in [6.07, 6.45) is 0. The topological polar surface area (TPSA) is 32.3 Å². The highest BCUT2D eigenvalue weighted by atomic mass is 16.3. The number of hydrogen-bond acceptors (Lipinski definition) is 2. The van der Waals surface area contributed by atoms with E-state index in [1.807, 2.05) is 0 Å². The maximum absolute atomic E-state index is 9.23. The van der Waals surface area contributed by atoms with Gasteiger partial charge in [0, 0.05) is 31.5 Å². The molecule has 2 rings (SSSR count). The van der Waals surface area contributed by atoms with Gasteiger partial charge in [0.05, 0.1) is 0 Å². The van der Waals surface area contributed by atoms with Gasteiger partial charge in [0.25, 0.3) is 0 Å². The molecule has 1 fully saturated rings. The molecule has 1 saturated heterocycles. The smallest absolute Gasteiger partial charge is 0.0477 e. The molecule has 0 amide bonds. The monoisotopic (exact) mass is 191 g/mol. The molecule has 1 aliphatic heterocycles. The van der Waals surface area contributed by atoms with Gasteiger partial charge in [-0.25, -0.2) is 0 Å². The van der Waals surface area contributed by atoms with Crippen LogP contribution in [0.25, 0.3) is 0 Å². The maximum atomic E-state index is 9.23. The minimum absolute atomic E-state index is 0.283. The first-order valence-corrected chi connectivity index (χ1v) is 5.19. The quantitative estimate of drug-likeness (QED) is 0.738. The first kappa shape index (κ1) is 9.69. The van der Waals surface area contributed by atoms with E-state index in [2.05, 4.69) is 36.5 Å². The Morgan fingerprint density at radius 1 is 1.43 bits per heavy atom. The Labute approximate surface area is 85.0 Å². The van der Waals surface area contributed by atoms with Crippen LogP contribution in [0, 0.1) is 12.8 Å². The molecule has 0 aromatic heterocycles. The lowest BCUT2D eigenvalue weighted by Gasteiger charge is -2.16. The highest BCUT2D eigenvalue weighted by molar-refractivity contribution is 5.27. The van der Waals surface area contributed by atoms with Gasteiger partial charge in [-0.15, -0.1) is 0 Å². The largest absolute Gasteiger partial charge is 0.396 e. The third-order valence-corrected chi connectivity index (χ3v) is 3.04. The van der Waals surface area contributed by atoms with E-state index < -0.39 is 0 Å². The van der Waals surface area contributed by atoms with Crippen LogP contribution in [0.1, 0.15) is 17.0 Å². The number of aryl methyl sites for hydroxylation is 1. The average Bonchev–Trinajstić information content (AvgIpc) is 2.65. The molecule has 1 aliphatic rings. The first-order chi connectivity index (χ1) is 6.81. The van der Waals surface area contributed by atoms with Crippen molar-refractivity contribution in [2.45, 2.75) is 12.8 Å². The fourth-order valence-electron chi connectivity index (χ4n) is 2.22. The highest BCUT2D eigenvalue weighted by Gasteiger charge is 2.27. The summed E-state index contributed by atoms with van der Waals surface area (Å²) < 4.78 is 0. The summed E-state index contributed by atoms with van der Waals surface area (Å²) in [5.41, 5.74) is 2.65. The van der Waals surface area contributed by atoms with E-state index in [1.54, 1.807) is 0 Å². The summed E-state index contributed by atoms with van der Waals surface area (Å²) in [5, 5.41) is 12.6. The minimum atomic E-state index is 0.283. The number of aliphatic hydroxyl groups excluding tert-OH is 1. The molecule has 2 nitrogen and oxygen atoms in total. The fraction of sp³-hybridized carbons (Fsp3) is 0.500. The summed E-state index contributed by atoms with van der Waals surface area (Å²) >= 11 is 0. The Hall–Kier alpha value is -0.860. The second-order valence-corrected chi connectivity index (χ2v) is 4.12. The predicted molar refractivity (Wildman–Crippen MR) is 57.4 cm³/mol. The summed E-state index contributed by atoms with van der Waals surface area (Å²) in [7, 11) is 0. The summed E-state index contributed by atoms with van der Waals surface area (Å²) in [6.45, 7) is 4.33. The minimum Gasteiger partial charge on any atom is -0.396 e. The first-order valence-electron chi connectivity index (χ1n) is 5.19. The second kappa shape index (κ2) is 4.11. The molecule has 0 bridgehead atoms. The summed E-state index contributed by atoms with van der Waals surface area (Å²) in [6, 6.07) is 8.59. The van der Waals surface area contributed by atoms with Crippen molar-refractivity contribution < 1.29 is 5.11 Å². The lowest BCUT2D eigenvalue weighted by Crippen LogP contribution is -2.14. The summed E-state index contributed by atoms with van der Waals surface area (Å²) in [5.74, 6) is 0.872. The molecular formula is C12H17NO. The van der Waals surface area contributed by atoms with Crippen LogP contribution in [0.15, 0.2) is 24.3 Å². The fourth-order valence-corrected chi connectivity index (χ4v) is 2.22. The zero-order valence-electron chi connectivity index (χ0n) is 8.53. The van der Waals surface area contributed by atoms with Crippen molar-refractivity contribution in [1.29, 1.82) is 0 Å². The molecule has 1 heterocycles. The van der Waals surface area contributed by atoms with Gasteiger partial charge in [0.15, 0.2) is 0 Å². The van der Waals surface area contributed by atoms with Crippen molar-refractivity contribution in [1.82, 2.24) is 5.32 Å². The van der Waals surface area contributed by atoms with Gasteiger partial charge in [-0.3, -0.25) is 0 Å². The van der Waals surface area contributed by atoms with Crippen molar-refractivity contribution in [2.75, 3.05) is 19.7 Å². The molecule has 1 aromatic carbocycles. The molecular weight excluding hydrogens is 174 g/mol. The third kappa shape index (κ3) is 1.81. The molecule has 76 valence electrons. The van der Waals surface area contributed by atoms with Crippen LogP contribution in [-0.2, 0) is 0 Å². The maximum Gasteiger partial charge on any atom is 0.0477 e. The van der Waals surface area contributed by atoms with Crippen molar-refractivity contribution in [3.8, 4) is 0 Å². The third-order valence-electron chi connectivity index (χ3n) is 3.04. The molecule has 0 unspecified atom stereocenters. The van der Waals surface area contributed by atoms with Crippen LogP contribution >= 0.6 is 0 Å². The second-order valence-electron chi connectivity index (χ2n) is 4.12. The van der Waals surface area contributed by atoms with E-state index in [0.717, 1.165) is 13.1 Å². The number of nitrogens with one attached hydrogen (secondary N) is 1. The van der Waals surface area contributed by atoms with Crippen molar-refractivity contribution >= 4 is 0 Å². The van der Waals surface area contributed by atoms with E-state index >= 15 is 0 Å².